The summed E-state index contributed by atoms with van der Waals surface area (Å²) in [4.78, 5) is 27.7. The Labute approximate surface area is 158 Å². The third kappa shape index (κ3) is 3.60. The molecule has 2 aliphatic rings. The Morgan fingerprint density at radius 2 is 1.69 bits per heavy atom. The van der Waals surface area contributed by atoms with Gasteiger partial charge in [-0.2, -0.15) is 0 Å². The minimum atomic E-state index is -0.0152. The molecule has 0 aliphatic carbocycles. The van der Waals surface area contributed by atoms with Crippen LogP contribution >= 0.6 is 11.6 Å². The van der Waals surface area contributed by atoms with Gasteiger partial charge in [0.25, 0.3) is 5.91 Å². The van der Waals surface area contributed by atoms with Gasteiger partial charge in [0.2, 0.25) is 0 Å². The lowest BCUT2D eigenvalue weighted by molar-refractivity contribution is 0.0740. The third-order valence-electron chi connectivity index (χ3n) is 5.04. The van der Waals surface area contributed by atoms with Gasteiger partial charge in [-0.25, -0.2) is 9.97 Å². The van der Waals surface area contributed by atoms with E-state index in [2.05, 4.69) is 25.8 Å². The maximum absolute atomic E-state index is 12.8. The molecular weight excluding hydrogens is 350 g/mol. The maximum Gasteiger partial charge on any atom is 0.272 e. The zero-order valence-corrected chi connectivity index (χ0v) is 15.4. The lowest BCUT2D eigenvalue weighted by Crippen LogP contribution is -2.49. The molecule has 4 rings (SSSR count). The van der Waals surface area contributed by atoms with Crippen molar-refractivity contribution in [2.45, 2.75) is 12.8 Å². The van der Waals surface area contributed by atoms with Gasteiger partial charge in [-0.15, -0.1) is 0 Å². The van der Waals surface area contributed by atoms with E-state index in [9.17, 15) is 4.79 Å². The SMILES string of the molecule is O=C(c1cc(N2CCCC2)ncn1)N1CCN(c2cccc(Cl)c2)CC1. The average Bonchev–Trinajstić information content (AvgIpc) is 3.23. The highest BCUT2D eigenvalue weighted by molar-refractivity contribution is 6.30. The van der Waals surface area contributed by atoms with Crippen molar-refractivity contribution in [1.29, 1.82) is 0 Å². The topological polar surface area (TPSA) is 52.6 Å². The Morgan fingerprint density at radius 3 is 2.42 bits per heavy atom. The van der Waals surface area contributed by atoms with Crippen LogP contribution in [0.5, 0.6) is 0 Å². The number of amides is 1. The molecule has 2 fully saturated rings. The minimum Gasteiger partial charge on any atom is -0.368 e. The van der Waals surface area contributed by atoms with E-state index in [-0.39, 0.29) is 5.91 Å². The molecule has 0 atom stereocenters. The van der Waals surface area contributed by atoms with Gasteiger partial charge in [0.15, 0.2) is 0 Å². The van der Waals surface area contributed by atoms with Crippen molar-refractivity contribution in [3.63, 3.8) is 0 Å². The number of rotatable bonds is 3. The monoisotopic (exact) mass is 371 g/mol. The minimum absolute atomic E-state index is 0.0152. The molecule has 0 saturated carbocycles. The fourth-order valence-electron chi connectivity index (χ4n) is 3.59. The Morgan fingerprint density at radius 1 is 0.923 bits per heavy atom. The lowest BCUT2D eigenvalue weighted by atomic mass is 10.2. The molecule has 0 spiro atoms. The molecule has 3 heterocycles. The van der Waals surface area contributed by atoms with E-state index >= 15 is 0 Å². The second-order valence-electron chi connectivity index (χ2n) is 6.71. The van der Waals surface area contributed by atoms with Crippen LogP contribution in [0.4, 0.5) is 11.5 Å². The molecule has 1 aromatic carbocycles. The van der Waals surface area contributed by atoms with E-state index in [4.69, 9.17) is 11.6 Å². The smallest absolute Gasteiger partial charge is 0.272 e. The van der Waals surface area contributed by atoms with Gasteiger partial charge in [0.1, 0.15) is 17.8 Å². The molecule has 2 aromatic rings. The van der Waals surface area contributed by atoms with Crippen molar-refractivity contribution in [3.8, 4) is 0 Å². The number of piperazine rings is 1. The summed E-state index contributed by atoms with van der Waals surface area (Å²) in [6, 6.07) is 9.67. The van der Waals surface area contributed by atoms with Gasteiger partial charge in [-0.05, 0) is 31.0 Å². The molecule has 136 valence electrons. The van der Waals surface area contributed by atoms with Gasteiger partial charge in [-0.3, -0.25) is 4.79 Å². The highest BCUT2D eigenvalue weighted by Crippen LogP contribution is 2.22. The number of hydrogen-bond acceptors (Lipinski definition) is 5. The first-order chi connectivity index (χ1) is 12.7. The average molecular weight is 372 g/mol. The van der Waals surface area contributed by atoms with Crippen molar-refractivity contribution < 1.29 is 4.79 Å². The summed E-state index contributed by atoms with van der Waals surface area (Å²) in [5, 5.41) is 0.733. The van der Waals surface area contributed by atoms with Crippen LogP contribution in [0.15, 0.2) is 36.7 Å². The van der Waals surface area contributed by atoms with Crippen LogP contribution in [0.25, 0.3) is 0 Å². The zero-order chi connectivity index (χ0) is 17.9. The van der Waals surface area contributed by atoms with Crippen molar-refractivity contribution in [3.05, 3.63) is 47.4 Å². The Balaban J connectivity index is 1.41. The fraction of sp³-hybridized carbons (Fsp3) is 0.421. The molecule has 1 amide bonds. The second kappa shape index (κ2) is 7.50. The van der Waals surface area contributed by atoms with E-state index in [0.717, 1.165) is 42.7 Å². The molecule has 0 N–H and O–H groups in total. The first kappa shape index (κ1) is 17.1. The maximum atomic E-state index is 12.8. The van der Waals surface area contributed by atoms with Crippen LogP contribution in [0.2, 0.25) is 5.02 Å². The van der Waals surface area contributed by atoms with Gasteiger partial charge in [0, 0.05) is 56.0 Å². The highest BCUT2D eigenvalue weighted by atomic mass is 35.5. The summed E-state index contributed by atoms with van der Waals surface area (Å²) in [5.41, 5.74) is 1.58. The first-order valence-electron chi connectivity index (χ1n) is 9.07. The van der Waals surface area contributed by atoms with Crippen LogP contribution in [0.3, 0.4) is 0 Å². The summed E-state index contributed by atoms with van der Waals surface area (Å²) in [6.07, 6.45) is 3.86. The third-order valence-corrected chi connectivity index (χ3v) is 5.28. The number of anilines is 2. The predicted octanol–water partition coefficient (Wildman–Crippen LogP) is 2.69. The van der Waals surface area contributed by atoms with E-state index in [0.29, 0.717) is 18.8 Å². The van der Waals surface area contributed by atoms with E-state index in [1.807, 2.05) is 29.2 Å². The van der Waals surface area contributed by atoms with Crippen LogP contribution < -0.4 is 9.80 Å². The number of hydrogen-bond donors (Lipinski definition) is 0. The largest absolute Gasteiger partial charge is 0.368 e. The van der Waals surface area contributed by atoms with Crippen molar-refractivity contribution in [1.82, 2.24) is 14.9 Å². The van der Waals surface area contributed by atoms with Crippen molar-refractivity contribution in [2.24, 2.45) is 0 Å². The highest BCUT2D eigenvalue weighted by Gasteiger charge is 2.24. The van der Waals surface area contributed by atoms with Crippen LogP contribution in [-0.4, -0.2) is 60.0 Å². The summed E-state index contributed by atoms with van der Waals surface area (Å²) in [6.45, 7) is 4.93. The number of nitrogens with zero attached hydrogens (tertiary/aromatic N) is 5. The molecule has 2 aliphatic heterocycles. The molecule has 6 nitrogen and oxygen atoms in total. The van der Waals surface area contributed by atoms with Gasteiger partial charge in [-0.1, -0.05) is 17.7 Å². The van der Waals surface area contributed by atoms with Gasteiger partial charge >= 0.3 is 0 Å². The standard InChI is InChI=1S/C19H22ClN5O/c20-15-4-3-5-16(12-15)23-8-10-25(11-9-23)19(26)17-13-18(22-14-21-17)24-6-1-2-7-24/h3-5,12-14H,1-2,6-11H2. The molecule has 2 saturated heterocycles. The molecular formula is C19H22ClN5O. The van der Waals surface area contributed by atoms with Crippen molar-refractivity contribution in [2.75, 3.05) is 49.1 Å². The summed E-state index contributed by atoms with van der Waals surface area (Å²) >= 11 is 6.08. The van der Waals surface area contributed by atoms with Crippen LogP contribution in [0.1, 0.15) is 23.3 Å². The molecule has 0 radical (unpaired) electrons. The number of aromatic nitrogens is 2. The Bertz CT molecular complexity index is 785. The number of benzene rings is 1. The molecule has 26 heavy (non-hydrogen) atoms. The van der Waals surface area contributed by atoms with Crippen LogP contribution in [-0.2, 0) is 0 Å². The summed E-state index contributed by atoms with van der Waals surface area (Å²) in [7, 11) is 0. The fourth-order valence-corrected chi connectivity index (χ4v) is 3.77. The number of carbonyl (C=O) groups excluding carboxylic acids is 1. The number of halogens is 1. The Kier molecular flexibility index (Phi) is 4.93. The van der Waals surface area contributed by atoms with Gasteiger partial charge in [0.05, 0.1) is 0 Å². The molecule has 0 unspecified atom stereocenters. The first-order valence-corrected chi connectivity index (χ1v) is 9.45. The van der Waals surface area contributed by atoms with E-state index in [1.165, 1.54) is 19.2 Å². The second-order valence-corrected chi connectivity index (χ2v) is 7.15. The van der Waals surface area contributed by atoms with Crippen LogP contribution in [0, 0.1) is 0 Å². The summed E-state index contributed by atoms with van der Waals surface area (Å²) < 4.78 is 0. The molecule has 1 aromatic heterocycles. The molecule has 7 heteroatoms. The van der Waals surface area contributed by atoms with E-state index < -0.39 is 0 Å². The zero-order valence-electron chi connectivity index (χ0n) is 14.6. The Hall–Kier alpha value is -2.34. The van der Waals surface area contributed by atoms with E-state index in [1.54, 1.807) is 0 Å². The molecule has 0 bridgehead atoms. The van der Waals surface area contributed by atoms with Gasteiger partial charge < -0.3 is 14.7 Å². The normalized spacial score (nSPS) is 17.7. The lowest BCUT2D eigenvalue weighted by Gasteiger charge is -2.36. The summed E-state index contributed by atoms with van der Waals surface area (Å²) in [5.74, 6) is 0.844. The predicted molar refractivity (Wildman–Crippen MR) is 103 cm³/mol. The van der Waals surface area contributed by atoms with Crippen molar-refractivity contribution >= 4 is 29.0 Å². The number of carbonyl (C=O) groups is 1. The quantitative estimate of drug-likeness (QED) is 0.830.